The maximum absolute atomic E-state index is 12.2. The van der Waals surface area contributed by atoms with E-state index in [4.69, 9.17) is 4.74 Å². The minimum atomic E-state index is -3.28. The molecule has 0 radical (unpaired) electrons. The zero-order chi connectivity index (χ0) is 21.9. The molecule has 0 spiro atoms. The number of nitrogens with zero attached hydrogens (tertiary/aromatic N) is 2. The highest BCUT2D eigenvalue weighted by Gasteiger charge is 2.61. The first kappa shape index (κ1) is 20.9. The molecule has 0 bridgehead atoms. The first-order valence-corrected chi connectivity index (χ1v) is 12.1. The van der Waals surface area contributed by atoms with Gasteiger partial charge in [-0.15, -0.1) is 0 Å². The molecular formula is C24H30N2O3S. The average Bonchev–Trinajstić information content (AvgIpc) is 3.20. The van der Waals surface area contributed by atoms with E-state index in [1.54, 1.807) is 6.07 Å². The molecule has 2 aliphatic heterocycles. The van der Waals surface area contributed by atoms with E-state index in [-0.39, 0.29) is 0 Å². The van der Waals surface area contributed by atoms with E-state index in [9.17, 15) is 8.42 Å². The van der Waals surface area contributed by atoms with Gasteiger partial charge in [-0.3, -0.25) is 0 Å². The minimum absolute atomic E-state index is 0.353. The van der Waals surface area contributed by atoms with Crippen LogP contribution in [-0.2, 0) is 20.0 Å². The summed E-state index contributed by atoms with van der Waals surface area (Å²) in [6, 6.07) is 13.9. The van der Waals surface area contributed by atoms with Crippen molar-refractivity contribution < 1.29 is 13.2 Å². The second-order valence-electron chi connectivity index (χ2n) is 9.03. The van der Waals surface area contributed by atoms with Gasteiger partial charge in [0.1, 0.15) is 0 Å². The highest BCUT2D eigenvalue weighted by Crippen LogP contribution is 2.57. The van der Waals surface area contributed by atoms with Crippen LogP contribution in [0.4, 0.5) is 11.4 Å². The Morgan fingerprint density at radius 3 is 2.40 bits per heavy atom. The van der Waals surface area contributed by atoms with Crippen LogP contribution in [0.3, 0.4) is 0 Å². The van der Waals surface area contributed by atoms with Crippen molar-refractivity contribution in [1.82, 2.24) is 0 Å². The van der Waals surface area contributed by atoms with Gasteiger partial charge in [-0.1, -0.05) is 32.1 Å². The molecule has 5 nitrogen and oxygen atoms in total. The largest absolute Gasteiger partial charge is 0.378 e. The summed E-state index contributed by atoms with van der Waals surface area (Å²) in [7, 11) is 0.784. The summed E-state index contributed by atoms with van der Waals surface area (Å²) in [5.41, 5.74) is 4.41. The van der Waals surface area contributed by atoms with Gasteiger partial charge in [-0.05, 0) is 54.0 Å². The molecule has 2 aromatic carbocycles. The van der Waals surface area contributed by atoms with Crippen molar-refractivity contribution in [3.63, 3.8) is 0 Å². The van der Waals surface area contributed by atoms with Crippen LogP contribution >= 0.6 is 0 Å². The average molecular weight is 427 g/mol. The number of hydrogen-bond donors (Lipinski definition) is 0. The van der Waals surface area contributed by atoms with E-state index in [1.165, 1.54) is 6.26 Å². The van der Waals surface area contributed by atoms with Crippen molar-refractivity contribution in [3.05, 3.63) is 59.2 Å². The van der Waals surface area contributed by atoms with Gasteiger partial charge in [-0.25, -0.2) is 8.42 Å². The van der Waals surface area contributed by atoms with Crippen LogP contribution < -0.4 is 9.80 Å². The van der Waals surface area contributed by atoms with Gasteiger partial charge in [0, 0.05) is 43.7 Å². The van der Waals surface area contributed by atoms with Crippen molar-refractivity contribution in [2.45, 2.75) is 36.8 Å². The Morgan fingerprint density at radius 1 is 1.13 bits per heavy atom. The summed E-state index contributed by atoms with van der Waals surface area (Å²) in [5.74, 6) is 0. The second-order valence-corrected chi connectivity index (χ2v) is 11.0. The second kappa shape index (κ2) is 6.86. The summed E-state index contributed by atoms with van der Waals surface area (Å²) in [6.07, 6.45) is 3.44. The molecule has 1 atom stereocenters. The lowest BCUT2D eigenvalue weighted by molar-refractivity contribution is -0.00919. The highest BCUT2D eigenvalue weighted by molar-refractivity contribution is 7.90. The number of anilines is 2. The summed E-state index contributed by atoms with van der Waals surface area (Å²) >= 11 is 0. The van der Waals surface area contributed by atoms with Crippen molar-refractivity contribution in [2.75, 3.05) is 43.3 Å². The summed E-state index contributed by atoms with van der Waals surface area (Å²) in [5, 5.41) is 0. The van der Waals surface area contributed by atoms with E-state index in [0.29, 0.717) is 11.5 Å². The number of hydrogen-bond acceptors (Lipinski definition) is 5. The fraction of sp³-hybridized carbons (Fsp3) is 0.417. The fourth-order valence-electron chi connectivity index (χ4n) is 5.03. The molecule has 2 aliphatic rings. The monoisotopic (exact) mass is 426 g/mol. The van der Waals surface area contributed by atoms with Crippen LogP contribution in [0.15, 0.2) is 52.9 Å². The van der Waals surface area contributed by atoms with Crippen molar-refractivity contribution >= 4 is 27.3 Å². The molecule has 0 saturated carbocycles. The lowest BCUT2D eigenvalue weighted by Gasteiger charge is -2.43. The third-order valence-electron chi connectivity index (χ3n) is 6.54. The zero-order valence-corrected chi connectivity index (χ0v) is 19.4. The normalized spacial score (nSPS) is 22.7. The Balaban J connectivity index is 1.81. The molecule has 2 heterocycles. The third kappa shape index (κ3) is 2.96. The first-order valence-electron chi connectivity index (χ1n) is 10.2. The molecule has 0 aromatic heterocycles. The van der Waals surface area contributed by atoms with Crippen LogP contribution in [0.5, 0.6) is 0 Å². The van der Waals surface area contributed by atoms with E-state index in [1.807, 2.05) is 26.2 Å². The molecule has 4 rings (SSSR count). The lowest BCUT2D eigenvalue weighted by atomic mass is 9.74. The maximum atomic E-state index is 12.2. The van der Waals surface area contributed by atoms with Gasteiger partial charge in [0.05, 0.1) is 11.5 Å². The highest BCUT2D eigenvalue weighted by atomic mass is 32.2. The SMILES string of the molecule is C/C(=C\c1ccc(N(C)C)cc1)C12OCCN1c1ccc(S(C)(=O)=O)cc1C2(C)C. The Morgan fingerprint density at radius 2 is 1.80 bits per heavy atom. The van der Waals surface area contributed by atoms with Gasteiger partial charge >= 0.3 is 0 Å². The molecule has 2 aromatic rings. The van der Waals surface area contributed by atoms with Crippen molar-refractivity contribution in [2.24, 2.45) is 0 Å². The van der Waals surface area contributed by atoms with Gasteiger partial charge in [0.15, 0.2) is 15.6 Å². The van der Waals surface area contributed by atoms with Crippen molar-refractivity contribution in [1.29, 1.82) is 0 Å². The number of fused-ring (bicyclic) bond motifs is 3. The Labute approximate surface area is 179 Å². The molecule has 0 amide bonds. The van der Waals surface area contributed by atoms with Crippen LogP contribution in [-0.4, -0.2) is 47.6 Å². The van der Waals surface area contributed by atoms with Gasteiger partial charge in [0.25, 0.3) is 0 Å². The molecule has 1 fully saturated rings. The molecule has 160 valence electrons. The van der Waals surface area contributed by atoms with Gasteiger partial charge in [0.2, 0.25) is 0 Å². The number of benzene rings is 2. The van der Waals surface area contributed by atoms with Crippen molar-refractivity contribution in [3.8, 4) is 0 Å². The van der Waals surface area contributed by atoms with E-state index >= 15 is 0 Å². The quantitative estimate of drug-likeness (QED) is 0.737. The fourth-order valence-corrected chi connectivity index (χ4v) is 5.68. The van der Waals surface area contributed by atoms with Crippen LogP contribution in [0.1, 0.15) is 31.9 Å². The summed E-state index contributed by atoms with van der Waals surface area (Å²) < 4.78 is 30.8. The first-order chi connectivity index (χ1) is 14.0. The van der Waals surface area contributed by atoms with E-state index < -0.39 is 21.0 Å². The van der Waals surface area contributed by atoms with Gasteiger partial charge in [-0.2, -0.15) is 0 Å². The molecule has 1 saturated heterocycles. The molecule has 0 aliphatic carbocycles. The van der Waals surface area contributed by atoms with Crippen LogP contribution in [0.2, 0.25) is 0 Å². The molecule has 1 unspecified atom stereocenters. The summed E-state index contributed by atoms with van der Waals surface area (Å²) in [4.78, 5) is 4.73. The topological polar surface area (TPSA) is 49.9 Å². The lowest BCUT2D eigenvalue weighted by Crippen LogP contribution is -2.54. The number of ether oxygens (including phenoxy) is 1. The number of sulfone groups is 1. The molecular weight excluding hydrogens is 396 g/mol. The molecule has 6 heteroatoms. The maximum Gasteiger partial charge on any atom is 0.175 e. The zero-order valence-electron chi connectivity index (χ0n) is 18.6. The van der Waals surface area contributed by atoms with Crippen LogP contribution in [0, 0.1) is 0 Å². The number of rotatable bonds is 4. The minimum Gasteiger partial charge on any atom is -0.378 e. The van der Waals surface area contributed by atoms with E-state index in [2.05, 4.69) is 60.9 Å². The Hall–Kier alpha value is -2.31. The molecule has 30 heavy (non-hydrogen) atoms. The summed E-state index contributed by atoms with van der Waals surface area (Å²) in [6.45, 7) is 7.83. The Bertz CT molecular complexity index is 1120. The molecule has 0 N–H and O–H groups in total. The van der Waals surface area contributed by atoms with E-state index in [0.717, 1.165) is 34.6 Å². The third-order valence-corrected chi connectivity index (χ3v) is 7.65. The predicted molar refractivity (Wildman–Crippen MR) is 123 cm³/mol. The standard InChI is InChI=1S/C24H30N2O3S/c1-17(15-18-7-9-19(10-8-18)25(4)5)24-23(2,3)21-16-20(30(6,27)28)11-12-22(21)26(24)13-14-29-24/h7-12,15-16H,13-14H2,1-6H3/b17-15+. The Kier molecular flexibility index (Phi) is 4.79. The smallest absolute Gasteiger partial charge is 0.175 e. The predicted octanol–water partition coefficient (Wildman–Crippen LogP) is 4.08. The van der Waals surface area contributed by atoms with Crippen LogP contribution in [0.25, 0.3) is 6.08 Å². The van der Waals surface area contributed by atoms with Gasteiger partial charge < -0.3 is 14.5 Å².